The lowest BCUT2D eigenvalue weighted by atomic mass is 10.1. The van der Waals surface area contributed by atoms with E-state index in [1.54, 1.807) is 13.2 Å². The maximum absolute atomic E-state index is 12.2. The van der Waals surface area contributed by atoms with Gasteiger partial charge in [-0.1, -0.05) is 18.2 Å². The molecule has 0 saturated carbocycles. The summed E-state index contributed by atoms with van der Waals surface area (Å²) in [5.41, 5.74) is 2.83. The van der Waals surface area contributed by atoms with Gasteiger partial charge in [0.2, 0.25) is 5.91 Å². The number of hydrogen-bond acceptors (Lipinski definition) is 4. The van der Waals surface area contributed by atoms with Gasteiger partial charge in [0.25, 0.3) is 0 Å². The van der Waals surface area contributed by atoms with E-state index in [1.165, 1.54) is 4.90 Å². The number of carbonyl (C=O) groups excluding carboxylic acids is 2. The summed E-state index contributed by atoms with van der Waals surface area (Å²) in [6, 6.07) is 11.2. The predicted molar refractivity (Wildman–Crippen MR) is 105 cm³/mol. The second-order valence-corrected chi connectivity index (χ2v) is 7.57. The van der Waals surface area contributed by atoms with Crippen molar-refractivity contribution in [3.05, 3.63) is 59.4 Å². The van der Waals surface area contributed by atoms with Crippen molar-refractivity contribution in [1.82, 2.24) is 9.88 Å². The Bertz CT molecular complexity index is 795. The van der Waals surface area contributed by atoms with Crippen LogP contribution in [-0.4, -0.2) is 34.5 Å². The van der Waals surface area contributed by atoms with E-state index in [1.807, 2.05) is 64.1 Å². The average molecular weight is 369 g/mol. The van der Waals surface area contributed by atoms with Crippen LogP contribution in [0.5, 0.6) is 0 Å². The first-order chi connectivity index (χ1) is 12.6. The van der Waals surface area contributed by atoms with Crippen molar-refractivity contribution in [1.29, 1.82) is 0 Å². The monoisotopic (exact) mass is 369 g/mol. The maximum atomic E-state index is 12.2. The van der Waals surface area contributed by atoms with E-state index >= 15 is 0 Å². The third-order valence-corrected chi connectivity index (χ3v) is 3.67. The molecular weight excluding hydrogens is 342 g/mol. The van der Waals surface area contributed by atoms with Crippen LogP contribution in [0.25, 0.3) is 0 Å². The van der Waals surface area contributed by atoms with Crippen molar-refractivity contribution in [3.63, 3.8) is 0 Å². The van der Waals surface area contributed by atoms with Gasteiger partial charge in [-0.05, 0) is 57.0 Å². The molecule has 6 heteroatoms. The average Bonchev–Trinajstić information content (AvgIpc) is 2.55. The summed E-state index contributed by atoms with van der Waals surface area (Å²) in [7, 11) is 1.68. The zero-order valence-electron chi connectivity index (χ0n) is 16.6. The number of anilines is 1. The van der Waals surface area contributed by atoms with Gasteiger partial charge in [-0.25, -0.2) is 4.79 Å². The van der Waals surface area contributed by atoms with Crippen LogP contribution in [0.3, 0.4) is 0 Å². The number of nitrogens with one attached hydrogen (secondary N) is 1. The number of hydrogen-bond donors (Lipinski definition) is 1. The lowest BCUT2D eigenvalue weighted by Crippen LogP contribution is -2.33. The van der Waals surface area contributed by atoms with E-state index in [9.17, 15) is 9.59 Å². The zero-order valence-corrected chi connectivity index (χ0v) is 16.6. The molecule has 0 spiro atoms. The summed E-state index contributed by atoms with van der Waals surface area (Å²) in [5.74, 6) is -0.113. The summed E-state index contributed by atoms with van der Waals surface area (Å²) in [4.78, 5) is 30.0. The molecule has 2 rings (SSSR count). The smallest absolute Gasteiger partial charge is 0.410 e. The van der Waals surface area contributed by atoms with Gasteiger partial charge in [0.05, 0.1) is 6.42 Å². The molecule has 0 bridgehead atoms. The van der Waals surface area contributed by atoms with Gasteiger partial charge >= 0.3 is 6.09 Å². The number of benzene rings is 1. The van der Waals surface area contributed by atoms with Crippen LogP contribution in [-0.2, 0) is 22.5 Å². The highest BCUT2D eigenvalue weighted by Crippen LogP contribution is 2.15. The third-order valence-electron chi connectivity index (χ3n) is 3.67. The molecule has 2 aromatic rings. The summed E-state index contributed by atoms with van der Waals surface area (Å²) in [5, 5.41) is 2.88. The van der Waals surface area contributed by atoms with E-state index in [-0.39, 0.29) is 18.4 Å². The van der Waals surface area contributed by atoms with Gasteiger partial charge in [-0.15, -0.1) is 0 Å². The molecule has 0 aliphatic rings. The highest BCUT2D eigenvalue weighted by Gasteiger charge is 2.19. The zero-order chi connectivity index (χ0) is 20.0. The van der Waals surface area contributed by atoms with Crippen molar-refractivity contribution in [2.45, 2.75) is 46.3 Å². The number of rotatable bonds is 5. The highest BCUT2D eigenvalue weighted by atomic mass is 16.6. The number of carbonyl (C=O) groups is 2. The van der Waals surface area contributed by atoms with Crippen molar-refractivity contribution in [2.24, 2.45) is 0 Å². The molecule has 0 atom stereocenters. The minimum atomic E-state index is -0.536. The van der Waals surface area contributed by atoms with Crippen molar-refractivity contribution in [3.8, 4) is 0 Å². The standard InChI is InChI=1S/C21H27N3O3/c1-15-9-10-16(13-22-15)12-19(25)23-18-8-6-7-17(11-18)14-24(5)20(26)27-21(2,3)4/h6-11,13H,12,14H2,1-5H3,(H,23,25). The lowest BCUT2D eigenvalue weighted by molar-refractivity contribution is -0.115. The molecule has 1 aromatic carbocycles. The summed E-state index contributed by atoms with van der Waals surface area (Å²) in [6.45, 7) is 7.79. The number of ether oxygens (including phenoxy) is 1. The second kappa shape index (κ2) is 8.66. The fraction of sp³-hybridized carbons (Fsp3) is 0.381. The van der Waals surface area contributed by atoms with Crippen molar-refractivity contribution in [2.75, 3.05) is 12.4 Å². The quantitative estimate of drug-likeness (QED) is 0.866. The Labute approximate surface area is 160 Å². The minimum absolute atomic E-state index is 0.113. The molecule has 2 amide bonds. The lowest BCUT2D eigenvalue weighted by Gasteiger charge is -2.24. The van der Waals surface area contributed by atoms with Crippen LogP contribution in [0.15, 0.2) is 42.6 Å². The van der Waals surface area contributed by atoms with E-state index in [4.69, 9.17) is 4.74 Å². The predicted octanol–water partition coefficient (Wildman–Crippen LogP) is 3.94. The highest BCUT2D eigenvalue weighted by molar-refractivity contribution is 5.92. The number of amides is 2. The molecule has 27 heavy (non-hydrogen) atoms. The molecule has 0 unspecified atom stereocenters. The Hall–Kier alpha value is -2.89. The topological polar surface area (TPSA) is 71.5 Å². The van der Waals surface area contributed by atoms with Crippen molar-refractivity contribution >= 4 is 17.7 Å². The van der Waals surface area contributed by atoms with Gasteiger partial charge in [0.1, 0.15) is 5.60 Å². The molecule has 1 N–H and O–H groups in total. The van der Waals surface area contributed by atoms with E-state index in [0.29, 0.717) is 12.2 Å². The normalized spacial score (nSPS) is 11.0. The Kier molecular flexibility index (Phi) is 6.55. The number of aryl methyl sites for hydroxylation is 1. The first-order valence-electron chi connectivity index (χ1n) is 8.87. The van der Waals surface area contributed by atoms with Gasteiger partial charge in [0.15, 0.2) is 0 Å². The maximum Gasteiger partial charge on any atom is 0.410 e. The van der Waals surface area contributed by atoms with Crippen LogP contribution in [0.4, 0.5) is 10.5 Å². The van der Waals surface area contributed by atoms with Gasteiger partial charge in [0, 0.05) is 31.2 Å². The van der Waals surface area contributed by atoms with Crippen LogP contribution >= 0.6 is 0 Å². The molecule has 0 fully saturated rings. The minimum Gasteiger partial charge on any atom is -0.444 e. The van der Waals surface area contributed by atoms with Gasteiger partial charge in [-0.2, -0.15) is 0 Å². The van der Waals surface area contributed by atoms with Gasteiger partial charge < -0.3 is 15.0 Å². The van der Waals surface area contributed by atoms with Crippen molar-refractivity contribution < 1.29 is 14.3 Å². The Morgan fingerprint density at radius 3 is 2.52 bits per heavy atom. The molecule has 0 radical (unpaired) electrons. The Morgan fingerprint density at radius 2 is 1.89 bits per heavy atom. The first-order valence-corrected chi connectivity index (χ1v) is 8.87. The number of aromatic nitrogens is 1. The summed E-state index contributed by atoms with van der Waals surface area (Å²) >= 11 is 0. The molecule has 6 nitrogen and oxygen atoms in total. The van der Waals surface area contributed by atoms with Crippen LogP contribution in [0.1, 0.15) is 37.6 Å². The first kappa shape index (κ1) is 20.4. The SMILES string of the molecule is Cc1ccc(CC(=O)Nc2cccc(CN(C)C(=O)OC(C)(C)C)c2)cn1. The molecule has 0 aliphatic carbocycles. The van der Waals surface area contributed by atoms with Gasteiger partial charge in [-0.3, -0.25) is 9.78 Å². The molecule has 0 aliphatic heterocycles. The number of pyridine rings is 1. The molecule has 1 aromatic heterocycles. The largest absolute Gasteiger partial charge is 0.444 e. The molecule has 0 saturated heterocycles. The Morgan fingerprint density at radius 1 is 1.15 bits per heavy atom. The third kappa shape index (κ3) is 7.09. The number of nitrogens with zero attached hydrogens (tertiary/aromatic N) is 2. The molecule has 1 heterocycles. The van der Waals surface area contributed by atoms with Crippen LogP contribution in [0, 0.1) is 6.92 Å². The van der Waals surface area contributed by atoms with E-state index in [0.717, 1.165) is 16.8 Å². The Balaban J connectivity index is 1.95. The summed E-state index contributed by atoms with van der Waals surface area (Å²) in [6.07, 6.45) is 1.58. The summed E-state index contributed by atoms with van der Waals surface area (Å²) < 4.78 is 5.35. The fourth-order valence-electron chi connectivity index (χ4n) is 2.42. The van der Waals surface area contributed by atoms with E-state index < -0.39 is 5.60 Å². The van der Waals surface area contributed by atoms with E-state index in [2.05, 4.69) is 10.3 Å². The fourth-order valence-corrected chi connectivity index (χ4v) is 2.42. The van der Waals surface area contributed by atoms with Crippen LogP contribution in [0.2, 0.25) is 0 Å². The van der Waals surface area contributed by atoms with Crippen LogP contribution < -0.4 is 5.32 Å². The second-order valence-electron chi connectivity index (χ2n) is 7.57. The molecular formula is C21H27N3O3. The molecule has 144 valence electrons.